The molecule has 19 heavy (non-hydrogen) atoms. The number of rotatable bonds is 7. The van der Waals surface area contributed by atoms with E-state index in [1.54, 1.807) is 19.5 Å². The number of benzene rings is 1. The molecule has 0 saturated heterocycles. The molecule has 0 amide bonds. The first-order valence-corrected chi connectivity index (χ1v) is 6.23. The van der Waals surface area contributed by atoms with Crippen LogP contribution >= 0.6 is 0 Å². The second kappa shape index (κ2) is 7.63. The SMILES string of the molecule is COCCONC(c1ccccc1)c1ccncc1. The Kier molecular flexibility index (Phi) is 5.49. The number of hydroxylamine groups is 1. The minimum atomic E-state index is -0.0129. The lowest BCUT2D eigenvalue weighted by atomic mass is 10.0. The van der Waals surface area contributed by atoms with Crippen molar-refractivity contribution in [2.24, 2.45) is 0 Å². The van der Waals surface area contributed by atoms with Crippen LogP contribution in [0.2, 0.25) is 0 Å². The Bertz CT molecular complexity index is 423. The van der Waals surface area contributed by atoms with Crippen molar-refractivity contribution >= 4 is 0 Å². The zero-order valence-corrected chi connectivity index (χ0v) is 11.0. The molecule has 0 fully saturated rings. The molecule has 100 valence electrons. The Morgan fingerprint density at radius 2 is 1.68 bits per heavy atom. The second-order valence-corrected chi connectivity index (χ2v) is 4.08. The molecule has 0 aliphatic rings. The fourth-order valence-electron chi connectivity index (χ4n) is 1.80. The number of nitrogens with zero attached hydrogens (tertiary/aromatic N) is 1. The molecule has 2 aromatic rings. The number of hydrogen-bond donors (Lipinski definition) is 1. The summed E-state index contributed by atoms with van der Waals surface area (Å²) in [6, 6.07) is 14.1. The van der Waals surface area contributed by atoms with Gasteiger partial charge in [-0.2, -0.15) is 5.48 Å². The van der Waals surface area contributed by atoms with Crippen molar-refractivity contribution in [3.8, 4) is 0 Å². The first-order valence-electron chi connectivity index (χ1n) is 6.23. The van der Waals surface area contributed by atoms with Crippen LogP contribution in [-0.4, -0.2) is 25.3 Å². The molecular formula is C15H18N2O2. The molecule has 1 N–H and O–H groups in total. The van der Waals surface area contributed by atoms with E-state index in [-0.39, 0.29) is 6.04 Å². The molecule has 4 heteroatoms. The minimum Gasteiger partial charge on any atom is -0.382 e. The number of ether oxygens (including phenoxy) is 1. The van der Waals surface area contributed by atoms with E-state index in [1.165, 1.54) is 0 Å². The summed E-state index contributed by atoms with van der Waals surface area (Å²) in [7, 11) is 1.65. The van der Waals surface area contributed by atoms with Gasteiger partial charge in [0.05, 0.1) is 19.3 Å². The predicted octanol–water partition coefficient (Wildman–Crippen LogP) is 2.34. The van der Waals surface area contributed by atoms with E-state index in [0.717, 1.165) is 11.1 Å². The molecule has 0 aliphatic heterocycles. The van der Waals surface area contributed by atoms with Gasteiger partial charge in [0.2, 0.25) is 0 Å². The van der Waals surface area contributed by atoms with Crippen LogP contribution < -0.4 is 5.48 Å². The second-order valence-electron chi connectivity index (χ2n) is 4.08. The average molecular weight is 258 g/mol. The molecule has 1 heterocycles. The van der Waals surface area contributed by atoms with Gasteiger partial charge in [0.15, 0.2) is 0 Å². The number of nitrogens with one attached hydrogen (secondary N) is 1. The van der Waals surface area contributed by atoms with Gasteiger partial charge < -0.3 is 4.74 Å². The number of methoxy groups -OCH3 is 1. The van der Waals surface area contributed by atoms with E-state index in [4.69, 9.17) is 9.57 Å². The van der Waals surface area contributed by atoms with Gasteiger partial charge >= 0.3 is 0 Å². The van der Waals surface area contributed by atoms with Gasteiger partial charge in [-0.05, 0) is 23.3 Å². The van der Waals surface area contributed by atoms with E-state index < -0.39 is 0 Å². The highest BCUT2D eigenvalue weighted by atomic mass is 16.7. The van der Waals surface area contributed by atoms with Gasteiger partial charge in [0, 0.05) is 19.5 Å². The molecular weight excluding hydrogens is 240 g/mol. The Morgan fingerprint density at radius 1 is 1.00 bits per heavy atom. The summed E-state index contributed by atoms with van der Waals surface area (Å²) < 4.78 is 4.96. The van der Waals surface area contributed by atoms with Gasteiger partial charge in [0.1, 0.15) is 0 Å². The number of pyridine rings is 1. The topological polar surface area (TPSA) is 43.4 Å². The molecule has 1 atom stereocenters. The van der Waals surface area contributed by atoms with Crippen molar-refractivity contribution in [1.82, 2.24) is 10.5 Å². The third-order valence-corrected chi connectivity index (χ3v) is 2.76. The van der Waals surface area contributed by atoms with E-state index >= 15 is 0 Å². The largest absolute Gasteiger partial charge is 0.382 e. The van der Waals surface area contributed by atoms with Crippen LogP contribution in [0.15, 0.2) is 54.9 Å². The van der Waals surface area contributed by atoms with E-state index in [9.17, 15) is 0 Å². The van der Waals surface area contributed by atoms with Gasteiger partial charge in [-0.25, -0.2) is 0 Å². The Balaban J connectivity index is 2.10. The Morgan fingerprint density at radius 3 is 2.37 bits per heavy atom. The summed E-state index contributed by atoms with van der Waals surface area (Å²) in [5.74, 6) is 0. The lowest BCUT2D eigenvalue weighted by Gasteiger charge is -2.19. The summed E-state index contributed by atoms with van der Waals surface area (Å²) in [4.78, 5) is 9.49. The van der Waals surface area contributed by atoms with Gasteiger partial charge in [0.25, 0.3) is 0 Å². The summed E-state index contributed by atoms with van der Waals surface area (Å²) in [6.45, 7) is 1.07. The molecule has 2 rings (SSSR count). The molecule has 0 aliphatic carbocycles. The predicted molar refractivity (Wildman–Crippen MR) is 73.5 cm³/mol. The van der Waals surface area contributed by atoms with Gasteiger partial charge in [-0.15, -0.1) is 0 Å². The zero-order valence-electron chi connectivity index (χ0n) is 11.0. The normalized spacial score (nSPS) is 12.3. The van der Waals surface area contributed by atoms with Crippen LogP contribution in [0.4, 0.5) is 0 Å². The number of aromatic nitrogens is 1. The van der Waals surface area contributed by atoms with E-state index in [2.05, 4.69) is 22.6 Å². The summed E-state index contributed by atoms with van der Waals surface area (Å²) in [5.41, 5.74) is 5.33. The Hall–Kier alpha value is -1.75. The molecule has 1 aromatic carbocycles. The fourth-order valence-corrected chi connectivity index (χ4v) is 1.80. The quantitative estimate of drug-likeness (QED) is 0.611. The van der Waals surface area contributed by atoms with Crippen LogP contribution in [0.25, 0.3) is 0 Å². The molecule has 1 unspecified atom stereocenters. The van der Waals surface area contributed by atoms with Crippen molar-refractivity contribution in [1.29, 1.82) is 0 Å². The van der Waals surface area contributed by atoms with Crippen molar-refractivity contribution in [3.63, 3.8) is 0 Å². The smallest absolute Gasteiger partial charge is 0.0916 e. The third kappa shape index (κ3) is 4.13. The van der Waals surface area contributed by atoms with Crippen LogP contribution in [0.5, 0.6) is 0 Å². The summed E-state index contributed by atoms with van der Waals surface area (Å²) in [6.07, 6.45) is 3.56. The molecule has 0 saturated carbocycles. The van der Waals surface area contributed by atoms with Gasteiger partial charge in [-0.3, -0.25) is 9.82 Å². The third-order valence-electron chi connectivity index (χ3n) is 2.76. The molecule has 1 aromatic heterocycles. The van der Waals surface area contributed by atoms with Crippen LogP contribution in [0, 0.1) is 0 Å². The minimum absolute atomic E-state index is 0.0129. The highest BCUT2D eigenvalue weighted by Gasteiger charge is 2.13. The molecule has 0 bridgehead atoms. The first-order chi connectivity index (χ1) is 9.42. The van der Waals surface area contributed by atoms with Crippen molar-refractivity contribution in [2.45, 2.75) is 6.04 Å². The molecule has 0 radical (unpaired) electrons. The fraction of sp³-hybridized carbons (Fsp3) is 0.267. The van der Waals surface area contributed by atoms with Crippen molar-refractivity contribution in [3.05, 3.63) is 66.0 Å². The highest BCUT2D eigenvalue weighted by Crippen LogP contribution is 2.20. The Labute approximate surface area is 113 Å². The summed E-state index contributed by atoms with van der Waals surface area (Å²) >= 11 is 0. The monoisotopic (exact) mass is 258 g/mol. The highest BCUT2D eigenvalue weighted by molar-refractivity contribution is 5.29. The van der Waals surface area contributed by atoms with Crippen molar-refractivity contribution in [2.75, 3.05) is 20.3 Å². The van der Waals surface area contributed by atoms with E-state index in [0.29, 0.717) is 13.2 Å². The van der Waals surface area contributed by atoms with E-state index in [1.807, 2.05) is 30.3 Å². The van der Waals surface area contributed by atoms with Gasteiger partial charge in [-0.1, -0.05) is 30.3 Å². The summed E-state index contributed by atoms with van der Waals surface area (Å²) in [5, 5.41) is 0. The lowest BCUT2D eigenvalue weighted by molar-refractivity contribution is -0.00570. The first kappa shape index (κ1) is 13.7. The average Bonchev–Trinajstić information content (AvgIpc) is 2.49. The van der Waals surface area contributed by atoms with Crippen LogP contribution in [-0.2, 0) is 9.57 Å². The molecule has 4 nitrogen and oxygen atoms in total. The zero-order chi connectivity index (χ0) is 13.3. The lowest BCUT2D eigenvalue weighted by Crippen LogP contribution is -2.24. The number of hydrogen-bond acceptors (Lipinski definition) is 4. The maximum absolute atomic E-state index is 5.45. The maximum atomic E-state index is 5.45. The van der Waals surface area contributed by atoms with Crippen LogP contribution in [0.3, 0.4) is 0 Å². The van der Waals surface area contributed by atoms with Crippen LogP contribution in [0.1, 0.15) is 17.2 Å². The standard InChI is InChI=1S/C15H18N2O2/c1-18-11-12-19-17-15(13-5-3-2-4-6-13)14-7-9-16-10-8-14/h2-10,15,17H,11-12H2,1H3. The van der Waals surface area contributed by atoms with Crippen molar-refractivity contribution < 1.29 is 9.57 Å². The maximum Gasteiger partial charge on any atom is 0.0916 e. The molecule has 0 spiro atoms.